The van der Waals surface area contributed by atoms with E-state index in [9.17, 15) is 0 Å². The Balaban J connectivity index is 0.000000128. The average Bonchev–Trinajstić information content (AvgIpc) is 1.16. The summed E-state index contributed by atoms with van der Waals surface area (Å²) < 4.78 is 0. The summed E-state index contributed by atoms with van der Waals surface area (Å²) in [7, 11) is 0.238. The normalized spacial score (nSPS) is 40.4. The molecular formula is C68H122Ag6Cl4N36P8+8. The van der Waals surface area contributed by atoms with Crippen molar-refractivity contribution in [2.24, 2.45) is 0 Å². The molecule has 38 heterocycles. The number of halogens is 4. The molecule has 0 atom stereocenters. The molecule has 0 aromatic carbocycles. The van der Waals surface area contributed by atoms with Crippen molar-refractivity contribution in [3.05, 3.63) is 106 Å². The maximum atomic E-state index is 5.33. The van der Waals surface area contributed by atoms with E-state index in [0.717, 1.165) is 11.4 Å². The standard InChI is InChI=1S/8C6H12N3P.2C4H5N2.4C3H2ClN2.6Ag/c8*1-7-2-9-3-8(1)5-10(4-7)6-9;2*1-4-2-3-5-6-4;4*4-3-1-5-6-2-3;;;;;;/h8*1-6H2;2*2-3H,1H3;4*1-2H;;;;;;/q;;;;;;;;6*-1;6*+1/p+8. The average molecular weight is 2480 g/mol. The van der Waals surface area contributed by atoms with Crippen molar-refractivity contribution >= 4 is 110 Å². The van der Waals surface area contributed by atoms with Crippen molar-refractivity contribution in [3.8, 4) is 0 Å². The van der Waals surface area contributed by atoms with Gasteiger partial charge in [-0.05, 0) is 0 Å². The van der Waals surface area contributed by atoms with Gasteiger partial charge in [0.2, 0.25) is 0 Å². The molecule has 0 unspecified atom stereocenters. The quantitative estimate of drug-likeness (QED) is 0.157. The third-order valence-electron chi connectivity index (χ3n) is 23.2. The van der Waals surface area contributed by atoms with Crippen LogP contribution in [0.1, 0.15) is 11.4 Å². The third-order valence-corrected chi connectivity index (χ3v) is 45.5. The molecule has 0 spiro atoms. The van der Waals surface area contributed by atoms with Gasteiger partial charge in [-0.2, -0.15) is 0 Å². The van der Waals surface area contributed by atoms with Crippen molar-refractivity contribution in [2.75, 3.05) is 311 Å². The maximum absolute atomic E-state index is 5.33. The van der Waals surface area contributed by atoms with Gasteiger partial charge in [0.25, 0.3) is 0 Å². The molecule has 122 heavy (non-hydrogen) atoms. The summed E-state index contributed by atoms with van der Waals surface area (Å²) in [4.78, 5) is 62.1. The Kier molecular flexibility index (Phi) is 45.8. The molecular weight excluding hydrogens is 2360 g/mol. The smallest absolute Gasteiger partial charge is 0.581 e. The van der Waals surface area contributed by atoms with E-state index in [1.54, 1.807) is 12.4 Å². The molecule has 54 heteroatoms. The predicted molar refractivity (Wildman–Crippen MR) is 479 cm³/mol. The molecule has 32 saturated heterocycles. The zero-order chi connectivity index (χ0) is 78.9. The number of rotatable bonds is 0. The maximum Gasteiger partial charge on any atom is 1.00 e. The molecule has 38 rings (SSSR count). The van der Waals surface area contributed by atoms with E-state index in [2.05, 4.69) is 179 Å². The fourth-order valence-electron chi connectivity index (χ4n) is 20.5. The Hall–Kier alpha value is 3.34. The van der Waals surface area contributed by atoms with Crippen LogP contribution in [0.15, 0.2) is 74.1 Å². The van der Waals surface area contributed by atoms with E-state index in [1.165, 1.54) is 360 Å². The molecule has 0 saturated carbocycles. The Morgan fingerprint density at radius 3 is 0.361 bits per heavy atom. The fourth-order valence-corrected chi connectivity index (χ4v) is 43.2. The molecule has 0 aliphatic carbocycles. The van der Waals surface area contributed by atoms with Crippen LogP contribution in [0.25, 0.3) is 0 Å². The summed E-state index contributed by atoms with van der Waals surface area (Å²) in [6.07, 6.45) is 50.2. The van der Waals surface area contributed by atoms with E-state index < -0.39 is 0 Å². The van der Waals surface area contributed by atoms with Crippen molar-refractivity contribution < 1.29 is 134 Å². The Labute approximate surface area is 844 Å². The molecule has 32 fully saturated rings. The van der Waals surface area contributed by atoms with Gasteiger partial charge in [-0.1, -0.05) is 72.4 Å². The first kappa shape index (κ1) is 106. The van der Waals surface area contributed by atoms with Gasteiger partial charge < -0.3 is 61.2 Å². The van der Waals surface area contributed by atoms with Gasteiger partial charge in [-0.25, -0.2) is 118 Å². The monoisotopic (exact) mass is 2470 g/mol. The van der Waals surface area contributed by atoms with Crippen LogP contribution in [0.5, 0.6) is 0 Å². The van der Waals surface area contributed by atoms with E-state index in [-0.39, 0.29) is 198 Å². The first-order chi connectivity index (χ1) is 56.6. The summed E-state index contributed by atoms with van der Waals surface area (Å²) in [5.41, 5.74) is 1.96. The van der Waals surface area contributed by atoms with Gasteiger partial charge in [0.05, 0.1) is 160 Å². The number of aromatic nitrogens is 12. The van der Waals surface area contributed by atoms with Crippen LogP contribution >= 0.6 is 110 Å². The second-order valence-corrected chi connectivity index (χ2v) is 56.5. The molecule has 0 N–H and O–H groups in total. The van der Waals surface area contributed by atoms with Crippen molar-refractivity contribution in [3.63, 3.8) is 0 Å². The van der Waals surface area contributed by atoms with Crippen LogP contribution in [0.4, 0.5) is 0 Å². The largest absolute Gasteiger partial charge is 1.00 e. The number of aryl methyl sites for hydroxylation is 2. The molecule has 32 aliphatic rings. The van der Waals surface area contributed by atoms with Crippen molar-refractivity contribution in [2.45, 2.75) is 13.8 Å². The molecule has 36 nitrogen and oxygen atoms in total. The molecule has 700 valence electrons. The molecule has 0 radical (unpaired) electrons. The van der Waals surface area contributed by atoms with Crippen LogP contribution in [0, 0.1) is 13.8 Å². The topological polar surface area (TPSA) is 240 Å². The van der Waals surface area contributed by atoms with Gasteiger partial charge in [-0.15, -0.1) is 36.2 Å². The summed E-state index contributed by atoms with van der Waals surface area (Å²) >= 11 is 21.3. The van der Waals surface area contributed by atoms with Gasteiger partial charge in [0.15, 0.2) is 0 Å². The number of hydrogen-bond donors (Lipinski definition) is 0. The van der Waals surface area contributed by atoms with Crippen LogP contribution in [0.2, 0.25) is 20.1 Å². The molecule has 6 aromatic rings. The second-order valence-electron chi connectivity index (χ2n) is 35.1. The minimum absolute atomic E-state index is 0. The van der Waals surface area contributed by atoms with Crippen LogP contribution in [0.3, 0.4) is 0 Å². The first-order valence-electron chi connectivity index (χ1n) is 40.8. The van der Waals surface area contributed by atoms with Crippen molar-refractivity contribution in [1.82, 2.24) is 179 Å². The minimum Gasteiger partial charge on any atom is -0.581 e. The predicted octanol–water partition coefficient (Wildman–Crippen LogP) is 2.59. The van der Waals surface area contributed by atoms with E-state index >= 15 is 0 Å². The van der Waals surface area contributed by atoms with Crippen LogP contribution < -0.4 is 30.6 Å². The molecule has 32 aliphatic heterocycles. The van der Waals surface area contributed by atoms with Crippen molar-refractivity contribution in [1.29, 1.82) is 0 Å². The summed E-state index contributed by atoms with van der Waals surface area (Å²) in [5.74, 6) is 0. The summed E-state index contributed by atoms with van der Waals surface area (Å²) in [6, 6.07) is 3.72. The molecule has 32 bridgehead atoms. The van der Waals surface area contributed by atoms with Gasteiger partial charge in [0, 0.05) is 121 Å². The van der Waals surface area contributed by atoms with E-state index in [0.29, 0.717) is 20.1 Å². The van der Waals surface area contributed by atoms with Gasteiger partial charge in [0.1, 0.15) is 151 Å². The first-order valence-corrected chi connectivity index (χ1v) is 59.3. The summed E-state index contributed by atoms with van der Waals surface area (Å²) in [6.45, 7) is 33.9. The van der Waals surface area contributed by atoms with E-state index in [1.807, 2.05) is 26.0 Å². The zero-order valence-corrected chi connectivity index (χ0v) is 89.2. The second kappa shape index (κ2) is 52.8. The Morgan fingerprint density at radius 2 is 0.320 bits per heavy atom. The van der Waals surface area contributed by atoms with Crippen LogP contribution in [-0.4, -0.2) is 459 Å². The number of nitrogens with zero attached hydrogens (tertiary/aromatic N) is 36. The van der Waals surface area contributed by atoms with Crippen LogP contribution in [-0.2, 0) is 134 Å². The van der Waals surface area contributed by atoms with Gasteiger partial charge >= 0.3 is 134 Å². The fraction of sp³-hybridized carbons (Fsp3) is 0.735. The third kappa shape index (κ3) is 32.8. The Morgan fingerprint density at radius 1 is 0.205 bits per heavy atom. The SMILES string of the molecule is C1N2CN3CN1C[PH+](C2)C3.C1N2CN3CN1C[PH+](C2)C3.C1N2CN3CN1C[PH+](C2)C3.C1N2CN3CN1C[PH+](C2)C3.C1N2CN3CN1C[PH+](C2)C3.C1N2CN3CN1C[PH+](C2)C3.C1N2CN3CN1C[PH+](C2)C3.C1N2CN3CN1C[PH+](C2)C3.Cc1ccn[n-]1.Cc1ccn[n-]1.Clc1cn[n-]c1.Clc1cn[n-]c1.Clc1cn[n-]c1.Clc1cn[n-]c1.[Ag+].[Ag+].[Ag+].[Ag+].[Ag+].[Ag+]. The Bertz CT molecular complexity index is 2700. The van der Waals surface area contributed by atoms with E-state index in [4.69, 9.17) is 46.4 Å². The van der Waals surface area contributed by atoms with Gasteiger partial charge in [-0.3, -0.25) is 0 Å². The zero-order valence-electron chi connectivity index (χ0n) is 69.3. The minimum atomic E-state index is 0. The molecule has 6 aromatic heterocycles. The number of hydrogen-bond acceptors (Lipinski definition) is 30. The summed E-state index contributed by atoms with van der Waals surface area (Å²) in [5, 5.41) is 44.4. The molecule has 0 amide bonds.